The van der Waals surface area contributed by atoms with Gasteiger partial charge in [0, 0.05) is 28.3 Å². The Morgan fingerprint density at radius 2 is 2.26 bits per heavy atom. The summed E-state index contributed by atoms with van der Waals surface area (Å²) in [6.07, 6.45) is 4.86. The summed E-state index contributed by atoms with van der Waals surface area (Å²) in [6.45, 7) is 2.97. The van der Waals surface area contributed by atoms with E-state index in [2.05, 4.69) is 45.5 Å². The normalized spacial score (nSPS) is 12.6. The highest BCUT2D eigenvalue weighted by molar-refractivity contribution is 9.10. The maximum Gasteiger partial charge on any atom is 0.0522 e. The molecule has 0 aliphatic heterocycles. The van der Waals surface area contributed by atoms with Crippen LogP contribution in [0.5, 0.6) is 0 Å². The van der Waals surface area contributed by atoms with Gasteiger partial charge < -0.3 is 5.32 Å². The van der Waals surface area contributed by atoms with E-state index in [1.165, 1.54) is 5.56 Å². The number of halogens is 2. The first-order valence-corrected chi connectivity index (χ1v) is 7.44. The lowest BCUT2D eigenvalue weighted by molar-refractivity contribution is 0.590. The molecule has 0 aliphatic rings. The summed E-state index contributed by atoms with van der Waals surface area (Å²) in [7, 11) is 1.95. The van der Waals surface area contributed by atoms with Gasteiger partial charge in [0.15, 0.2) is 0 Å². The monoisotopic (exact) mass is 341 g/mol. The largest absolute Gasteiger partial charge is 0.313 e. The van der Waals surface area contributed by atoms with Crippen LogP contribution in [-0.4, -0.2) is 16.8 Å². The van der Waals surface area contributed by atoms with Crippen LogP contribution in [0.25, 0.3) is 0 Å². The summed E-state index contributed by atoms with van der Waals surface area (Å²) in [5, 5.41) is 8.40. The Kier molecular flexibility index (Phi) is 5.02. The van der Waals surface area contributed by atoms with Gasteiger partial charge >= 0.3 is 0 Å². The van der Waals surface area contributed by atoms with E-state index in [1.54, 1.807) is 0 Å². The second-order valence-corrected chi connectivity index (χ2v) is 5.74. The van der Waals surface area contributed by atoms with E-state index in [0.29, 0.717) is 0 Å². The topological polar surface area (TPSA) is 29.9 Å². The quantitative estimate of drug-likeness (QED) is 0.895. The molecule has 0 bridgehead atoms. The molecule has 1 aromatic carbocycles. The minimum Gasteiger partial charge on any atom is -0.313 e. The van der Waals surface area contributed by atoms with Crippen molar-refractivity contribution in [1.29, 1.82) is 0 Å². The standard InChI is InChI=1S/C14H17BrClN3/c1-3-19-9-10(8-18-19)6-14(17-2)12-7-11(15)4-5-13(12)16/h4-5,7-9,14,17H,3,6H2,1-2H3. The molecule has 19 heavy (non-hydrogen) atoms. The third-order valence-electron chi connectivity index (χ3n) is 3.13. The molecule has 1 heterocycles. The van der Waals surface area contributed by atoms with Gasteiger partial charge in [0.25, 0.3) is 0 Å². The number of benzene rings is 1. The Labute approximate surface area is 127 Å². The zero-order chi connectivity index (χ0) is 13.8. The summed E-state index contributed by atoms with van der Waals surface area (Å²) in [4.78, 5) is 0. The van der Waals surface area contributed by atoms with Gasteiger partial charge in [-0.2, -0.15) is 5.10 Å². The molecule has 1 aromatic heterocycles. The van der Waals surface area contributed by atoms with Gasteiger partial charge in [-0.05, 0) is 49.7 Å². The van der Waals surface area contributed by atoms with Crippen molar-refractivity contribution in [3.63, 3.8) is 0 Å². The van der Waals surface area contributed by atoms with Crippen molar-refractivity contribution in [2.45, 2.75) is 25.9 Å². The molecule has 3 nitrogen and oxygen atoms in total. The second kappa shape index (κ2) is 6.55. The van der Waals surface area contributed by atoms with Gasteiger partial charge in [-0.25, -0.2) is 0 Å². The van der Waals surface area contributed by atoms with Gasteiger partial charge in [0.2, 0.25) is 0 Å². The third-order valence-corrected chi connectivity index (χ3v) is 3.97. The minimum atomic E-state index is 0.180. The Morgan fingerprint density at radius 3 is 2.89 bits per heavy atom. The number of likely N-dealkylation sites (N-methyl/N-ethyl adjacent to an activating group) is 1. The number of hydrogen-bond acceptors (Lipinski definition) is 2. The first-order chi connectivity index (χ1) is 9.13. The summed E-state index contributed by atoms with van der Waals surface area (Å²) >= 11 is 9.78. The first kappa shape index (κ1) is 14.6. The zero-order valence-electron chi connectivity index (χ0n) is 11.0. The summed E-state index contributed by atoms with van der Waals surface area (Å²) < 4.78 is 2.97. The maximum atomic E-state index is 6.29. The number of rotatable bonds is 5. The molecular weight excluding hydrogens is 326 g/mol. The van der Waals surface area contributed by atoms with Gasteiger partial charge in [0.1, 0.15) is 0 Å². The van der Waals surface area contributed by atoms with Crippen LogP contribution in [-0.2, 0) is 13.0 Å². The van der Waals surface area contributed by atoms with Crippen molar-refractivity contribution < 1.29 is 0 Å². The van der Waals surface area contributed by atoms with Gasteiger partial charge in [0.05, 0.1) is 6.20 Å². The average molecular weight is 343 g/mol. The molecular formula is C14H17BrClN3. The first-order valence-electron chi connectivity index (χ1n) is 6.27. The van der Waals surface area contributed by atoms with E-state index in [4.69, 9.17) is 11.6 Å². The summed E-state index contributed by atoms with van der Waals surface area (Å²) in [6, 6.07) is 6.11. The number of hydrogen-bond donors (Lipinski definition) is 1. The fraction of sp³-hybridized carbons (Fsp3) is 0.357. The van der Waals surface area contributed by atoms with Crippen molar-refractivity contribution in [3.05, 3.63) is 51.2 Å². The van der Waals surface area contributed by atoms with Crippen molar-refractivity contribution in [3.8, 4) is 0 Å². The van der Waals surface area contributed by atoms with Crippen molar-refractivity contribution >= 4 is 27.5 Å². The summed E-state index contributed by atoms with van der Waals surface area (Å²) in [5.41, 5.74) is 2.31. The van der Waals surface area contributed by atoms with E-state index in [1.807, 2.05) is 30.1 Å². The van der Waals surface area contributed by atoms with E-state index in [9.17, 15) is 0 Å². The predicted octanol–water partition coefficient (Wildman–Crippen LogP) is 3.82. The number of nitrogens with one attached hydrogen (secondary N) is 1. The molecule has 1 unspecified atom stereocenters. The molecule has 102 valence electrons. The Balaban J connectivity index is 2.22. The molecule has 1 N–H and O–H groups in total. The van der Waals surface area contributed by atoms with Crippen LogP contribution in [0, 0.1) is 0 Å². The lowest BCUT2D eigenvalue weighted by atomic mass is 10.0. The third kappa shape index (κ3) is 3.59. The molecule has 0 saturated heterocycles. The summed E-state index contributed by atoms with van der Waals surface area (Å²) in [5.74, 6) is 0. The lowest BCUT2D eigenvalue weighted by Gasteiger charge is -2.17. The SMILES string of the molecule is CCn1cc(CC(NC)c2cc(Br)ccc2Cl)cn1. The number of aryl methyl sites for hydroxylation is 1. The van der Waals surface area contributed by atoms with E-state index < -0.39 is 0 Å². The average Bonchev–Trinajstić information content (AvgIpc) is 2.87. The van der Waals surface area contributed by atoms with Crippen LogP contribution in [0.2, 0.25) is 5.02 Å². The number of aromatic nitrogens is 2. The molecule has 0 spiro atoms. The molecule has 1 atom stereocenters. The highest BCUT2D eigenvalue weighted by Gasteiger charge is 2.15. The smallest absolute Gasteiger partial charge is 0.0522 e. The van der Waals surface area contributed by atoms with Crippen LogP contribution < -0.4 is 5.32 Å². The maximum absolute atomic E-state index is 6.29. The minimum absolute atomic E-state index is 0.180. The van der Waals surface area contributed by atoms with Crippen molar-refractivity contribution in [1.82, 2.24) is 15.1 Å². The van der Waals surface area contributed by atoms with Crippen LogP contribution in [0.1, 0.15) is 24.1 Å². The van der Waals surface area contributed by atoms with Crippen molar-refractivity contribution in [2.24, 2.45) is 0 Å². The Bertz CT molecular complexity index is 553. The van der Waals surface area contributed by atoms with E-state index in [-0.39, 0.29) is 6.04 Å². The fourth-order valence-electron chi connectivity index (χ4n) is 2.07. The lowest BCUT2D eigenvalue weighted by Crippen LogP contribution is -2.19. The molecule has 0 radical (unpaired) electrons. The van der Waals surface area contributed by atoms with Gasteiger partial charge in [-0.15, -0.1) is 0 Å². The predicted molar refractivity (Wildman–Crippen MR) is 82.6 cm³/mol. The molecule has 2 aromatic rings. The Morgan fingerprint density at radius 1 is 1.47 bits per heavy atom. The Hall–Kier alpha value is -0.840. The van der Waals surface area contributed by atoms with Crippen LogP contribution in [0.15, 0.2) is 35.1 Å². The molecule has 0 amide bonds. The van der Waals surface area contributed by atoms with Gasteiger partial charge in [-0.1, -0.05) is 27.5 Å². The fourth-order valence-corrected chi connectivity index (χ4v) is 2.70. The van der Waals surface area contributed by atoms with Gasteiger partial charge in [-0.3, -0.25) is 4.68 Å². The molecule has 2 rings (SSSR count). The van der Waals surface area contributed by atoms with E-state index >= 15 is 0 Å². The van der Waals surface area contributed by atoms with Crippen LogP contribution in [0.4, 0.5) is 0 Å². The second-order valence-electron chi connectivity index (χ2n) is 4.42. The molecule has 0 aliphatic carbocycles. The highest BCUT2D eigenvalue weighted by Crippen LogP contribution is 2.28. The highest BCUT2D eigenvalue weighted by atomic mass is 79.9. The van der Waals surface area contributed by atoms with E-state index in [0.717, 1.165) is 28.0 Å². The van der Waals surface area contributed by atoms with Crippen LogP contribution >= 0.6 is 27.5 Å². The number of nitrogens with zero attached hydrogens (tertiary/aromatic N) is 2. The molecule has 5 heteroatoms. The van der Waals surface area contributed by atoms with Crippen LogP contribution in [0.3, 0.4) is 0 Å². The van der Waals surface area contributed by atoms with Crippen molar-refractivity contribution in [2.75, 3.05) is 7.05 Å². The molecule has 0 saturated carbocycles. The molecule has 0 fully saturated rings. The zero-order valence-corrected chi connectivity index (χ0v) is 13.4.